The molecule has 0 amide bonds. The fraction of sp³-hybridized carbons (Fsp3) is 0.667. The van der Waals surface area contributed by atoms with Crippen LogP contribution < -0.4 is 5.32 Å². The molecule has 0 radical (unpaired) electrons. The molecule has 1 aliphatic rings. The van der Waals surface area contributed by atoms with Crippen molar-refractivity contribution < 1.29 is 0 Å². The van der Waals surface area contributed by atoms with Gasteiger partial charge in [0.25, 0.3) is 0 Å². The van der Waals surface area contributed by atoms with Crippen LogP contribution in [0.15, 0.2) is 18.2 Å². The summed E-state index contributed by atoms with van der Waals surface area (Å²) in [6.45, 7) is 8.02. The Morgan fingerprint density at radius 3 is 2.71 bits per heavy atom. The molecule has 1 aromatic carbocycles. The van der Waals surface area contributed by atoms with Gasteiger partial charge in [0.15, 0.2) is 0 Å². The molecule has 0 bridgehead atoms. The summed E-state index contributed by atoms with van der Waals surface area (Å²) in [5, 5.41) is 5.33. The van der Waals surface area contributed by atoms with Gasteiger partial charge < -0.3 is 5.32 Å². The number of benzene rings is 1. The van der Waals surface area contributed by atoms with E-state index in [0.29, 0.717) is 17.4 Å². The zero-order chi connectivity index (χ0) is 15.5. The van der Waals surface area contributed by atoms with Crippen LogP contribution in [0.25, 0.3) is 0 Å². The minimum absolute atomic E-state index is 0.298. The summed E-state index contributed by atoms with van der Waals surface area (Å²) in [6.07, 6.45) is 6.34. The molecule has 2 unspecified atom stereocenters. The molecule has 1 nitrogen and oxygen atoms in total. The fourth-order valence-electron chi connectivity index (χ4n) is 3.66. The predicted molar refractivity (Wildman–Crippen MR) is 93.2 cm³/mol. The van der Waals surface area contributed by atoms with Gasteiger partial charge in [-0.15, -0.1) is 0 Å². The molecule has 3 heteroatoms. The molecular weight excluding hydrogens is 301 g/mol. The van der Waals surface area contributed by atoms with E-state index in [1.165, 1.54) is 25.7 Å². The molecule has 2 atom stereocenters. The summed E-state index contributed by atoms with van der Waals surface area (Å²) in [5.74, 6) is 0.605. The maximum Gasteiger partial charge on any atom is 0.0454 e. The summed E-state index contributed by atoms with van der Waals surface area (Å²) in [5.41, 5.74) is 1.51. The van der Waals surface area contributed by atoms with E-state index in [0.717, 1.165) is 28.6 Å². The molecule has 2 rings (SSSR count). The molecule has 0 saturated heterocycles. The number of rotatable bonds is 5. The zero-order valence-electron chi connectivity index (χ0n) is 13.4. The smallest absolute Gasteiger partial charge is 0.0454 e. The lowest BCUT2D eigenvalue weighted by Crippen LogP contribution is -2.39. The maximum absolute atomic E-state index is 6.48. The van der Waals surface area contributed by atoms with Gasteiger partial charge in [-0.1, -0.05) is 56.8 Å². The van der Waals surface area contributed by atoms with Gasteiger partial charge in [0.1, 0.15) is 0 Å². The highest BCUT2D eigenvalue weighted by atomic mass is 35.5. The Labute approximate surface area is 139 Å². The molecule has 0 aromatic heterocycles. The van der Waals surface area contributed by atoms with Crippen LogP contribution in [0.5, 0.6) is 0 Å². The highest BCUT2D eigenvalue weighted by molar-refractivity contribution is 6.33. The van der Waals surface area contributed by atoms with Gasteiger partial charge in [-0.2, -0.15) is 0 Å². The second-order valence-corrected chi connectivity index (χ2v) is 7.78. The first kappa shape index (κ1) is 17.1. The first-order chi connectivity index (χ1) is 9.95. The Balaban J connectivity index is 2.35. The lowest BCUT2D eigenvalue weighted by atomic mass is 9.64. The third-order valence-electron chi connectivity index (χ3n) is 4.90. The van der Waals surface area contributed by atoms with E-state index >= 15 is 0 Å². The van der Waals surface area contributed by atoms with Crippen LogP contribution in [0.1, 0.15) is 64.5 Å². The van der Waals surface area contributed by atoms with Crippen molar-refractivity contribution in [1.29, 1.82) is 0 Å². The van der Waals surface area contributed by atoms with Crippen LogP contribution >= 0.6 is 23.2 Å². The molecular formula is C18H27Cl2N. The minimum atomic E-state index is 0.298. The quantitative estimate of drug-likeness (QED) is 0.673. The third-order valence-corrected chi connectivity index (χ3v) is 5.48. The van der Waals surface area contributed by atoms with Gasteiger partial charge in [-0.05, 0) is 60.9 Å². The zero-order valence-corrected chi connectivity index (χ0v) is 14.9. The van der Waals surface area contributed by atoms with Crippen molar-refractivity contribution in [3.8, 4) is 0 Å². The van der Waals surface area contributed by atoms with Crippen LogP contribution in [-0.4, -0.2) is 6.54 Å². The van der Waals surface area contributed by atoms with Gasteiger partial charge in [0, 0.05) is 16.1 Å². The highest BCUT2D eigenvalue weighted by Gasteiger charge is 2.38. The highest BCUT2D eigenvalue weighted by Crippen LogP contribution is 2.48. The summed E-state index contributed by atoms with van der Waals surface area (Å²) in [6, 6.07) is 6.14. The average molecular weight is 328 g/mol. The molecule has 0 heterocycles. The van der Waals surface area contributed by atoms with E-state index in [4.69, 9.17) is 23.2 Å². The van der Waals surface area contributed by atoms with Gasteiger partial charge in [0.05, 0.1) is 0 Å². The Morgan fingerprint density at radius 1 is 1.29 bits per heavy atom. The van der Waals surface area contributed by atoms with E-state index in [1.807, 2.05) is 18.2 Å². The van der Waals surface area contributed by atoms with Crippen molar-refractivity contribution in [2.75, 3.05) is 6.54 Å². The van der Waals surface area contributed by atoms with Crippen LogP contribution in [0.4, 0.5) is 0 Å². The van der Waals surface area contributed by atoms with Crippen LogP contribution in [-0.2, 0) is 0 Å². The van der Waals surface area contributed by atoms with Crippen molar-refractivity contribution in [3.05, 3.63) is 33.8 Å². The van der Waals surface area contributed by atoms with Gasteiger partial charge in [0.2, 0.25) is 0 Å². The SMILES string of the molecule is CCCNC(c1cc(Cl)ccc1Cl)C1CCCCC1(C)C. The largest absolute Gasteiger partial charge is 0.310 e. The first-order valence-electron chi connectivity index (χ1n) is 8.14. The fourth-order valence-corrected chi connectivity index (χ4v) is 4.08. The van der Waals surface area contributed by atoms with E-state index in [-0.39, 0.29) is 0 Å². The predicted octanol–water partition coefficient (Wildman–Crippen LogP) is 6.25. The average Bonchev–Trinajstić information content (AvgIpc) is 2.44. The van der Waals surface area contributed by atoms with Crippen molar-refractivity contribution in [2.24, 2.45) is 11.3 Å². The first-order valence-corrected chi connectivity index (χ1v) is 8.89. The van der Waals surface area contributed by atoms with Crippen LogP contribution in [0.3, 0.4) is 0 Å². The number of nitrogens with one attached hydrogen (secondary N) is 1. The molecule has 0 aliphatic heterocycles. The Kier molecular flexibility index (Phi) is 5.99. The summed E-state index contributed by atoms with van der Waals surface area (Å²) in [7, 11) is 0. The van der Waals surface area contributed by atoms with E-state index in [1.54, 1.807) is 0 Å². The number of halogens is 2. The van der Waals surface area contributed by atoms with E-state index in [9.17, 15) is 0 Å². The van der Waals surface area contributed by atoms with Gasteiger partial charge >= 0.3 is 0 Å². The molecule has 118 valence electrons. The number of hydrogen-bond acceptors (Lipinski definition) is 1. The molecule has 0 spiro atoms. The lowest BCUT2D eigenvalue weighted by Gasteiger charge is -2.44. The standard InChI is InChI=1S/C18H27Cl2N/c1-4-11-21-17(14-12-13(19)8-9-16(14)20)15-7-5-6-10-18(15,2)3/h8-9,12,15,17,21H,4-7,10-11H2,1-3H3. The Hall–Kier alpha value is -0.240. The lowest BCUT2D eigenvalue weighted by molar-refractivity contribution is 0.0982. The Morgan fingerprint density at radius 2 is 2.05 bits per heavy atom. The van der Waals surface area contributed by atoms with Crippen molar-refractivity contribution >= 4 is 23.2 Å². The molecule has 1 N–H and O–H groups in total. The molecule has 1 fully saturated rings. The molecule has 1 aliphatic carbocycles. The van der Waals surface area contributed by atoms with Crippen LogP contribution in [0.2, 0.25) is 10.0 Å². The molecule has 1 aromatic rings. The van der Waals surface area contributed by atoms with Crippen molar-refractivity contribution in [1.82, 2.24) is 5.32 Å². The number of hydrogen-bond donors (Lipinski definition) is 1. The second-order valence-electron chi connectivity index (χ2n) is 6.94. The maximum atomic E-state index is 6.48. The topological polar surface area (TPSA) is 12.0 Å². The van der Waals surface area contributed by atoms with Crippen molar-refractivity contribution in [2.45, 2.75) is 58.9 Å². The molecule has 1 saturated carbocycles. The third kappa shape index (κ3) is 4.15. The monoisotopic (exact) mass is 327 g/mol. The van der Waals surface area contributed by atoms with E-state index in [2.05, 4.69) is 26.1 Å². The summed E-state index contributed by atoms with van der Waals surface area (Å²) in [4.78, 5) is 0. The van der Waals surface area contributed by atoms with Crippen LogP contribution in [0, 0.1) is 11.3 Å². The molecule has 21 heavy (non-hydrogen) atoms. The summed E-state index contributed by atoms with van der Waals surface area (Å²) >= 11 is 12.7. The van der Waals surface area contributed by atoms with Crippen molar-refractivity contribution in [3.63, 3.8) is 0 Å². The summed E-state index contributed by atoms with van der Waals surface area (Å²) < 4.78 is 0. The Bertz CT molecular complexity index is 470. The minimum Gasteiger partial charge on any atom is -0.310 e. The van der Waals surface area contributed by atoms with E-state index < -0.39 is 0 Å². The second kappa shape index (κ2) is 7.35. The van der Waals surface area contributed by atoms with Gasteiger partial charge in [-0.3, -0.25) is 0 Å². The van der Waals surface area contributed by atoms with Gasteiger partial charge in [-0.25, -0.2) is 0 Å². The normalized spacial score (nSPS) is 23.0.